The minimum absolute atomic E-state index is 0.0207. The second-order valence-electron chi connectivity index (χ2n) is 7.32. The van der Waals surface area contributed by atoms with Crippen LogP contribution in [0.5, 0.6) is 0 Å². The molecule has 1 saturated carbocycles. The summed E-state index contributed by atoms with van der Waals surface area (Å²) >= 11 is 9.02. The molecule has 0 aliphatic heterocycles. The quantitative estimate of drug-likeness (QED) is 0.301. The van der Waals surface area contributed by atoms with E-state index in [2.05, 4.69) is 31.9 Å². The van der Waals surface area contributed by atoms with Crippen molar-refractivity contribution in [3.63, 3.8) is 0 Å². The third kappa shape index (κ3) is 2.71. The zero-order valence-corrected chi connectivity index (χ0v) is 18.8. The average molecular weight is 516 g/mol. The van der Waals surface area contributed by atoms with Crippen molar-refractivity contribution in [2.45, 2.75) is 27.9 Å². The highest BCUT2D eigenvalue weighted by Gasteiger charge is 2.53. The first kappa shape index (κ1) is 18.5. The Morgan fingerprint density at radius 2 is 1.11 bits per heavy atom. The molecule has 5 rings (SSSR count). The van der Waals surface area contributed by atoms with Crippen molar-refractivity contribution in [3.8, 4) is 0 Å². The number of benzene rings is 2. The SMILES string of the molecule is O=C(c1ccccc1)c1sc(C(=O)c2ccccc2)c2c1[C@H]1C[C@@H]2[C@H](Br)[C@@H]1Br. The molecule has 0 radical (unpaired) electrons. The molecule has 1 fully saturated rings. The van der Waals surface area contributed by atoms with Crippen LogP contribution in [0.25, 0.3) is 0 Å². The Hall–Kier alpha value is -1.56. The maximum atomic E-state index is 13.3. The molecule has 0 unspecified atom stereocenters. The summed E-state index contributed by atoms with van der Waals surface area (Å²) < 4.78 is 0. The van der Waals surface area contributed by atoms with Gasteiger partial charge in [-0.3, -0.25) is 9.59 Å². The van der Waals surface area contributed by atoms with Crippen LogP contribution in [0.1, 0.15) is 59.9 Å². The van der Waals surface area contributed by atoms with E-state index in [4.69, 9.17) is 0 Å². The van der Waals surface area contributed by atoms with Gasteiger partial charge in [0, 0.05) is 20.8 Å². The molecule has 4 atom stereocenters. The molecule has 2 aliphatic rings. The van der Waals surface area contributed by atoms with Gasteiger partial charge in [-0.05, 0) is 29.4 Å². The van der Waals surface area contributed by atoms with Gasteiger partial charge < -0.3 is 0 Å². The van der Waals surface area contributed by atoms with E-state index in [0.717, 1.165) is 27.3 Å². The number of fused-ring (bicyclic) bond motifs is 5. The molecular formula is C23H16Br2O2S. The minimum Gasteiger partial charge on any atom is -0.288 e. The van der Waals surface area contributed by atoms with Gasteiger partial charge in [-0.15, -0.1) is 11.3 Å². The molecule has 0 spiro atoms. The zero-order chi connectivity index (χ0) is 19.4. The van der Waals surface area contributed by atoms with E-state index in [1.807, 2.05) is 60.7 Å². The summed E-state index contributed by atoms with van der Waals surface area (Å²) in [5, 5.41) is 0. The van der Waals surface area contributed by atoms with Crippen molar-refractivity contribution in [1.29, 1.82) is 0 Å². The van der Waals surface area contributed by atoms with E-state index in [1.165, 1.54) is 11.3 Å². The van der Waals surface area contributed by atoms with Gasteiger partial charge in [0.05, 0.1) is 9.75 Å². The molecule has 0 N–H and O–H groups in total. The van der Waals surface area contributed by atoms with E-state index < -0.39 is 0 Å². The van der Waals surface area contributed by atoms with Crippen LogP contribution in [-0.2, 0) is 0 Å². The third-order valence-electron chi connectivity index (χ3n) is 5.79. The van der Waals surface area contributed by atoms with E-state index >= 15 is 0 Å². The smallest absolute Gasteiger partial charge is 0.203 e. The summed E-state index contributed by atoms with van der Waals surface area (Å²) in [6, 6.07) is 18.7. The fraction of sp³-hybridized carbons (Fsp3) is 0.217. The van der Waals surface area contributed by atoms with Crippen LogP contribution in [0.2, 0.25) is 0 Å². The van der Waals surface area contributed by atoms with Gasteiger partial charge in [0.25, 0.3) is 0 Å². The first-order valence-electron chi connectivity index (χ1n) is 9.22. The number of ketones is 2. The lowest BCUT2D eigenvalue weighted by Crippen LogP contribution is -2.23. The van der Waals surface area contributed by atoms with Crippen molar-refractivity contribution in [2.24, 2.45) is 0 Å². The molecule has 3 aromatic rings. The van der Waals surface area contributed by atoms with Crippen molar-refractivity contribution < 1.29 is 9.59 Å². The van der Waals surface area contributed by atoms with Crippen molar-refractivity contribution in [2.75, 3.05) is 0 Å². The second kappa shape index (κ2) is 7.05. The maximum Gasteiger partial charge on any atom is 0.203 e. The molecule has 28 heavy (non-hydrogen) atoms. The van der Waals surface area contributed by atoms with Gasteiger partial charge >= 0.3 is 0 Å². The number of rotatable bonds is 4. The summed E-state index contributed by atoms with van der Waals surface area (Å²) in [5.41, 5.74) is 3.55. The van der Waals surface area contributed by atoms with E-state index in [0.29, 0.717) is 11.1 Å². The molecule has 2 nitrogen and oxygen atoms in total. The number of carbonyl (C=O) groups is 2. The predicted octanol–water partition coefficient (Wildman–Crippen LogP) is 6.32. The molecular weight excluding hydrogens is 500 g/mol. The van der Waals surface area contributed by atoms with Crippen LogP contribution in [0.4, 0.5) is 0 Å². The highest BCUT2D eigenvalue weighted by Crippen LogP contribution is 2.62. The van der Waals surface area contributed by atoms with Crippen molar-refractivity contribution in [3.05, 3.63) is 92.7 Å². The minimum atomic E-state index is 0.0207. The highest BCUT2D eigenvalue weighted by molar-refractivity contribution is 9.12. The lowest BCUT2D eigenvalue weighted by atomic mass is 9.89. The summed E-state index contributed by atoms with van der Waals surface area (Å²) in [6.07, 6.45) is 0.980. The number of thiophene rings is 1. The molecule has 2 aromatic carbocycles. The summed E-state index contributed by atoms with van der Waals surface area (Å²) in [5.74, 6) is 0.570. The van der Waals surface area contributed by atoms with Crippen molar-refractivity contribution in [1.82, 2.24) is 0 Å². The summed E-state index contributed by atoms with van der Waals surface area (Å²) in [7, 11) is 0. The van der Waals surface area contributed by atoms with Gasteiger partial charge in [-0.25, -0.2) is 0 Å². The number of carbonyl (C=O) groups excluding carboxylic acids is 2. The van der Waals surface area contributed by atoms with Gasteiger partial charge in [0.1, 0.15) is 0 Å². The number of hydrogen-bond donors (Lipinski definition) is 0. The number of hydrogen-bond acceptors (Lipinski definition) is 3. The van der Waals surface area contributed by atoms with Gasteiger partial charge in [-0.2, -0.15) is 0 Å². The Balaban J connectivity index is 1.68. The van der Waals surface area contributed by atoms with Gasteiger partial charge in [-0.1, -0.05) is 92.5 Å². The Bertz CT molecular complexity index is 991. The average Bonchev–Trinajstić information content (AvgIpc) is 3.39. The van der Waals surface area contributed by atoms with Crippen LogP contribution in [0.15, 0.2) is 60.7 Å². The van der Waals surface area contributed by atoms with E-state index in [1.54, 1.807) is 0 Å². The van der Waals surface area contributed by atoms with E-state index in [-0.39, 0.29) is 33.1 Å². The number of halogens is 2. The summed E-state index contributed by atoms with van der Waals surface area (Å²) in [6.45, 7) is 0. The molecule has 0 amide bonds. The highest BCUT2D eigenvalue weighted by atomic mass is 79.9. The van der Waals surface area contributed by atoms with Gasteiger partial charge in [0.2, 0.25) is 11.6 Å². The zero-order valence-electron chi connectivity index (χ0n) is 14.8. The first-order chi connectivity index (χ1) is 13.6. The van der Waals surface area contributed by atoms with Crippen LogP contribution < -0.4 is 0 Å². The lowest BCUT2D eigenvalue weighted by Gasteiger charge is -2.24. The Morgan fingerprint density at radius 1 is 0.714 bits per heavy atom. The summed E-state index contributed by atoms with van der Waals surface area (Å²) in [4.78, 5) is 28.7. The van der Waals surface area contributed by atoms with E-state index in [9.17, 15) is 9.59 Å². The van der Waals surface area contributed by atoms with Crippen LogP contribution in [-0.4, -0.2) is 21.2 Å². The Morgan fingerprint density at radius 3 is 1.50 bits per heavy atom. The fourth-order valence-electron chi connectivity index (χ4n) is 4.50. The second-order valence-corrected chi connectivity index (χ2v) is 10.5. The largest absolute Gasteiger partial charge is 0.288 e. The lowest BCUT2D eigenvalue weighted by molar-refractivity contribution is 0.103. The molecule has 0 saturated heterocycles. The molecule has 140 valence electrons. The monoisotopic (exact) mass is 514 g/mol. The van der Waals surface area contributed by atoms with Crippen molar-refractivity contribution >= 4 is 54.8 Å². The van der Waals surface area contributed by atoms with Crippen LogP contribution in [0, 0.1) is 0 Å². The van der Waals surface area contributed by atoms with Crippen LogP contribution >= 0.6 is 43.2 Å². The molecule has 2 aliphatic carbocycles. The maximum absolute atomic E-state index is 13.3. The standard InChI is InChI=1S/C23H16Br2O2S/c24-18-14-11-15(19(18)25)17-16(14)22(20(26)12-7-3-1-4-8-12)28-23(17)21(27)13-9-5-2-6-10-13/h1-10,14-15,18-19H,11H2/t14-,15+,18-,19+. The molecule has 1 heterocycles. The fourth-order valence-corrected chi connectivity index (χ4v) is 7.57. The van der Waals surface area contributed by atoms with Crippen LogP contribution in [0.3, 0.4) is 0 Å². The first-order valence-corrected chi connectivity index (χ1v) is 11.9. The topological polar surface area (TPSA) is 34.1 Å². The predicted molar refractivity (Wildman–Crippen MR) is 120 cm³/mol. The Labute approximate surface area is 184 Å². The molecule has 1 aromatic heterocycles. The van der Waals surface area contributed by atoms with Gasteiger partial charge in [0.15, 0.2) is 0 Å². The Kier molecular flexibility index (Phi) is 4.65. The normalized spacial score (nSPS) is 24.9. The molecule has 5 heteroatoms. The molecule has 2 bridgehead atoms. The third-order valence-corrected chi connectivity index (χ3v) is 10.1. The number of alkyl halides is 2.